The molecular formula is C11H12N4. The number of pyridine rings is 1. The van der Waals surface area contributed by atoms with Crippen molar-refractivity contribution in [3.63, 3.8) is 0 Å². The van der Waals surface area contributed by atoms with Crippen LogP contribution < -0.4 is 5.32 Å². The summed E-state index contributed by atoms with van der Waals surface area (Å²) in [6.45, 7) is 1.96. The Morgan fingerprint density at radius 2 is 1.87 bits per heavy atom. The van der Waals surface area contributed by atoms with E-state index < -0.39 is 0 Å². The quantitative estimate of drug-likeness (QED) is 0.804. The van der Waals surface area contributed by atoms with Gasteiger partial charge in [-0.25, -0.2) is 4.98 Å². The van der Waals surface area contributed by atoms with Crippen molar-refractivity contribution in [3.8, 4) is 11.3 Å². The minimum atomic E-state index is 0.781. The van der Waals surface area contributed by atoms with Crippen LogP contribution in [0.3, 0.4) is 0 Å². The van der Waals surface area contributed by atoms with Gasteiger partial charge in [-0.2, -0.15) is 0 Å². The molecule has 0 aliphatic rings. The minimum absolute atomic E-state index is 0.781. The molecule has 0 unspecified atom stereocenters. The molecule has 2 rings (SSSR count). The van der Waals surface area contributed by atoms with E-state index in [-0.39, 0.29) is 0 Å². The largest absolute Gasteiger partial charge is 0.371 e. The van der Waals surface area contributed by atoms with Crippen LogP contribution >= 0.6 is 0 Å². The van der Waals surface area contributed by atoms with Crippen LogP contribution in [-0.4, -0.2) is 22.0 Å². The molecule has 0 atom stereocenters. The first-order valence-corrected chi connectivity index (χ1v) is 4.73. The molecule has 4 heteroatoms. The summed E-state index contributed by atoms with van der Waals surface area (Å²) >= 11 is 0. The number of anilines is 1. The number of hydrogen-bond donors (Lipinski definition) is 1. The van der Waals surface area contributed by atoms with Crippen molar-refractivity contribution >= 4 is 5.82 Å². The van der Waals surface area contributed by atoms with Crippen LogP contribution in [0.4, 0.5) is 5.82 Å². The molecular weight excluding hydrogens is 188 g/mol. The maximum Gasteiger partial charge on any atom is 0.152 e. The lowest BCUT2D eigenvalue weighted by Gasteiger charge is -2.06. The van der Waals surface area contributed by atoms with Crippen molar-refractivity contribution < 1.29 is 0 Å². The highest BCUT2D eigenvalue weighted by atomic mass is 15.0. The van der Waals surface area contributed by atoms with Gasteiger partial charge in [0.05, 0.1) is 0 Å². The van der Waals surface area contributed by atoms with Crippen LogP contribution in [0.25, 0.3) is 11.3 Å². The number of aryl methyl sites for hydroxylation is 1. The lowest BCUT2D eigenvalue weighted by atomic mass is 10.1. The summed E-state index contributed by atoms with van der Waals surface area (Å²) in [5.74, 6) is 0.781. The van der Waals surface area contributed by atoms with Gasteiger partial charge in [0.2, 0.25) is 0 Å². The average molecular weight is 200 g/mol. The Balaban J connectivity index is 2.53. The fourth-order valence-corrected chi connectivity index (χ4v) is 1.43. The van der Waals surface area contributed by atoms with Crippen molar-refractivity contribution in [3.05, 3.63) is 36.4 Å². The van der Waals surface area contributed by atoms with Gasteiger partial charge in [-0.3, -0.25) is 9.97 Å². The second-order valence-corrected chi connectivity index (χ2v) is 3.19. The van der Waals surface area contributed by atoms with E-state index in [0.717, 1.165) is 22.8 Å². The van der Waals surface area contributed by atoms with Crippen molar-refractivity contribution in [2.24, 2.45) is 0 Å². The van der Waals surface area contributed by atoms with E-state index in [0.29, 0.717) is 0 Å². The summed E-state index contributed by atoms with van der Waals surface area (Å²) in [4.78, 5) is 12.7. The molecule has 4 nitrogen and oxygen atoms in total. The second-order valence-electron chi connectivity index (χ2n) is 3.19. The highest BCUT2D eigenvalue weighted by molar-refractivity contribution is 5.70. The van der Waals surface area contributed by atoms with Crippen LogP contribution in [-0.2, 0) is 0 Å². The smallest absolute Gasteiger partial charge is 0.152 e. The molecule has 0 amide bonds. The number of hydrogen-bond acceptors (Lipinski definition) is 4. The maximum absolute atomic E-state index is 4.31. The third kappa shape index (κ3) is 1.93. The summed E-state index contributed by atoms with van der Waals surface area (Å²) in [6, 6.07) is 3.92. The van der Waals surface area contributed by atoms with E-state index in [4.69, 9.17) is 0 Å². The molecule has 0 aliphatic carbocycles. The molecule has 15 heavy (non-hydrogen) atoms. The number of nitrogens with zero attached hydrogens (tertiary/aromatic N) is 3. The summed E-state index contributed by atoms with van der Waals surface area (Å²) in [5, 5.41) is 3.02. The van der Waals surface area contributed by atoms with Crippen LogP contribution in [0.15, 0.2) is 30.7 Å². The Morgan fingerprint density at radius 1 is 1.07 bits per heavy atom. The number of nitrogens with one attached hydrogen (secondary N) is 1. The third-order valence-corrected chi connectivity index (χ3v) is 2.11. The molecule has 76 valence electrons. The van der Waals surface area contributed by atoms with Gasteiger partial charge < -0.3 is 5.32 Å². The topological polar surface area (TPSA) is 50.7 Å². The van der Waals surface area contributed by atoms with Crippen LogP contribution in [0, 0.1) is 6.92 Å². The molecule has 0 radical (unpaired) electrons. The Morgan fingerprint density at radius 3 is 2.60 bits per heavy atom. The van der Waals surface area contributed by atoms with Crippen LogP contribution in [0.5, 0.6) is 0 Å². The Labute approximate surface area is 88.4 Å². The zero-order chi connectivity index (χ0) is 10.7. The lowest BCUT2D eigenvalue weighted by Crippen LogP contribution is -1.97. The number of aromatic nitrogens is 3. The van der Waals surface area contributed by atoms with Crippen molar-refractivity contribution in [2.75, 3.05) is 12.4 Å². The average Bonchev–Trinajstić information content (AvgIpc) is 2.29. The zero-order valence-electron chi connectivity index (χ0n) is 8.73. The standard InChI is InChI=1S/C11H12N4/c1-8-7-9(3-4-13-8)10-11(12-2)15-6-5-14-10/h3-7H,1-2H3,(H,12,15). The first kappa shape index (κ1) is 9.58. The molecule has 0 bridgehead atoms. The first-order valence-electron chi connectivity index (χ1n) is 4.73. The normalized spacial score (nSPS) is 10.0. The molecule has 2 heterocycles. The van der Waals surface area contributed by atoms with Crippen molar-refractivity contribution in [2.45, 2.75) is 6.92 Å². The Hall–Kier alpha value is -1.97. The predicted octanol–water partition coefficient (Wildman–Crippen LogP) is 1.89. The monoisotopic (exact) mass is 200 g/mol. The van der Waals surface area contributed by atoms with E-state index in [1.54, 1.807) is 18.6 Å². The minimum Gasteiger partial charge on any atom is -0.371 e. The molecule has 0 saturated carbocycles. The van der Waals surface area contributed by atoms with Crippen molar-refractivity contribution in [1.29, 1.82) is 0 Å². The molecule has 0 spiro atoms. The molecule has 2 aromatic rings. The molecule has 2 aromatic heterocycles. The first-order chi connectivity index (χ1) is 7.31. The van der Waals surface area contributed by atoms with Gasteiger partial charge in [0, 0.05) is 36.9 Å². The highest BCUT2D eigenvalue weighted by Crippen LogP contribution is 2.22. The summed E-state index contributed by atoms with van der Waals surface area (Å²) < 4.78 is 0. The summed E-state index contributed by atoms with van der Waals surface area (Å²) in [6.07, 6.45) is 5.13. The van der Waals surface area contributed by atoms with Crippen LogP contribution in [0.1, 0.15) is 5.69 Å². The van der Waals surface area contributed by atoms with Crippen molar-refractivity contribution in [1.82, 2.24) is 15.0 Å². The van der Waals surface area contributed by atoms with E-state index in [1.807, 2.05) is 26.1 Å². The van der Waals surface area contributed by atoms with E-state index in [1.165, 1.54) is 0 Å². The second kappa shape index (κ2) is 4.04. The lowest BCUT2D eigenvalue weighted by molar-refractivity contribution is 1.17. The zero-order valence-corrected chi connectivity index (χ0v) is 8.73. The van der Waals surface area contributed by atoms with Gasteiger partial charge in [-0.1, -0.05) is 0 Å². The van der Waals surface area contributed by atoms with Crippen LogP contribution in [0.2, 0.25) is 0 Å². The highest BCUT2D eigenvalue weighted by Gasteiger charge is 2.05. The Kier molecular flexibility index (Phi) is 2.58. The molecule has 1 N–H and O–H groups in total. The third-order valence-electron chi connectivity index (χ3n) is 2.11. The van der Waals surface area contributed by atoms with Gasteiger partial charge in [-0.15, -0.1) is 0 Å². The Bertz CT molecular complexity index is 468. The fraction of sp³-hybridized carbons (Fsp3) is 0.182. The summed E-state index contributed by atoms with van der Waals surface area (Å²) in [7, 11) is 1.83. The van der Waals surface area contributed by atoms with Gasteiger partial charge in [-0.05, 0) is 19.1 Å². The molecule has 0 saturated heterocycles. The molecule has 0 aromatic carbocycles. The summed E-state index contributed by atoms with van der Waals surface area (Å²) in [5.41, 5.74) is 2.85. The maximum atomic E-state index is 4.31. The van der Waals surface area contributed by atoms with Gasteiger partial charge in [0.25, 0.3) is 0 Å². The van der Waals surface area contributed by atoms with Gasteiger partial charge in [0.15, 0.2) is 5.82 Å². The predicted molar refractivity (Wildman–Crippen MR) is 59.5 cm³/mol. The van der Waals surface area contributed by atoms with E-state index in [2.05, 4.69) is 20.3 Å². The fourth-order valence-electron chi connectivity index (χ4n) is 1.43. The van der Waals surface area contributed by atoms with E-state index >= 15 is 0 Å². The van der Waals surface area contributed by atoms with Gasteiger partial charge in [0.1, 0.15) is 5.69 Å². The van der Waals surface area contributed by atoms with Gasteiger partial charge >= 0.3 is 0 Å². The molecule has 0 fully saturated rings. The number of rotatable bonds is 2. The van der Waals surface area contributed by atoms with E-state index in [9.17, 15) is 0 Å². The molecule has 0 aliphatic heterocycles. The SMILES string of the molecule is CNc1nccnc1-c1ccnc(C)c1.